The maximum atomic E-state index is 10.4. The van der Waals surface area contributed by atoms with Gasteiger partial charge in [-0.05, 0) is 0 Å². The van der Waals surface area contributed by atoms with Crippen molar-refractivity contribution in [1.82, 2.24) is 0 Å². The van der Waals surface area contributed by atoms with Gasteiger partial charge in [0.15, 0.2) is 0 Å². The Morgan fingerprint density at radius 1 is 1.27 bits per heavy atom. The van der Waals surface area contributed by atoms with E-state index >= 15 is 0 Å². The molecule has 0 aromatic carbocycles. The molecule has 0 unspecified atom stereocenters. The number of hydrogen-bond acceptors (Lipinski definition) is 4. The Balaban J connectivity index is 2.77. The van der Waals surface area contributed by atoms with Crippen molar-refractivity contribution in [2.75, 3.05) is 0 Å². The minimum absolute atomic E-state index is 0.458. The van der Waals surface area contributed by atoms with Gasteiger partial charge in [-0.3, -0.25) is 0 Å². The van der Waals surface area contributed by atoms with Gasteiger partial charge in [0.25, 0.3) is 0 Å². The molecule has 0 fully saturated rings. The first kappa shape index (κ1) is 12.2. The molecule has 3 nitrogen and oxygen atoms in total. The Hall–Kier alpha value is -0.835. The first-order chi connectivity index (χ1) is 6.89. The SMILES string of the molecule is CC(C)(OB=O)C(C)(C)Oc1cccs1. The molecule has 1 rings (SSSR count). The predicted molar refractivity (Wildman–Crippen MR) is 60.6 cm³/mol. The van der Waals surface area contributed by atoms with Crippen LogP contribution in [0, 0.1) is 0 Å². The molecular formula is C10H15BO3S. The van der Waals surface area contributed by atoms with E-state index in [0.717, 1.165) is 5.06 Å². The van der Waals surface area contributed by atoms with Gasteiger partial charge < -0.3 is 0 Å². The summed E-state index contributed by atoms with van der Waals surface area (Å²) in [6.45, 7) is 7.45. The molecule has 0 aliphatic rings. The summed E-state index contributed by atoms with van der Waals surface area (Å²) in [5, 5.41) is 2.77. The summed E-state index contributed by atoms with van der Waals surface area (Å²) in [6.07, 6.45) is 0. The van der Waals surface area contributed by atoms with Crippen molar-refractivity contribution < 1.29 is 14.1 Å². The maximum absolute atomic E-state index is 10.4. The van der Waals surface area contributed by atoms with Crippen molar-refractivity contribution in [3.63, 3.8) is 0 Å². The van der Waals surface area contributed by atoms with E-state index < -0.39 is 11.2 Å². The fourth-order valence-electron chi connectivity index (χ4n) is 0.958. The normalized spacial score (nSPS) is 12.0. The van der Waals surface area contributed by atoms with Gasteiger partial charge >= 0.3 is 94.3 Å². The van der Waals surface area contributed by atoms with E-state index in [0.29, 0.717) is 7.35 Å². The topological polar surface area (TPSA) is 35.5 Å². The van der Waals surface area contributed by atoms with Crippen LogP contribution >= 0.6 is 11.3 Å². The standard InChI is InChI=1S/C10H15BO3S/c1-9(2,10(3,4)14-11-12)13-8-6-5-7-15-8/h5-7H,1-4H3. The van der Waals surface area contributed by atoms with Crippen LogP contribution in [0.4, 0.5) is 0 Å². The van der Waals surface area contributed by atoms with Crippen LogP contribution in [-0.4, -0.2) is 18.6 Å². The van der Waals surface area contributed by atoms with Crippen molar-refractivity contribution in [2.45, 2.75) is 38.9 Å². The van der Waals surface area contributed by atoms with Crippen molar-refractivity contribution >= 4 is 18.7 Å². The number of rotatable bonds is 5. The Kier molecular flexibility index (Phi) is 3.55. The second-order valence-electron chi connectivity index (χ2n) is 4.27. The van der Waals surface area contributed by atoms with Crippen LogP contribution in [0.3, 0.4) is 0 Å². The number of ether oxygens (including phenoxy) is 1. The van der Waals surface area contributed by atoms with Crippen LogP contribution in [-0.2, 0) is 9.36 Å². The summed E-state index contributed by atoms with van der Waals surface area (Å²) in [5.74, 6) is 0. The monoisotopic (exact) mass is 226 g/mol. The molecule has 0 bridgehead atoms. The summed E-state index contributed by atoms with van der Waals surface area (Å²) < 4.78 is 21.2. The minimum atomic E-state index is -0.668. The summed E-state index contributed by atoms with van der Waals surface area (Å²) in [4.78, 5) is 0. The quantitative estimate of drug-likeness (QED) is 0.724. The van der Waals surface area contributed by atoms with Crippen molar-refractivity contribution in [3.05, 3.63) is 17.5 Å². The molecule has 0 saturated carbocycles. The van der Waals surface area contributed by atoms with Crippen molar-refractivity contribution in [3.8, 4) is 5.06 Å². The molecular weight excluding hydrogens is 211 g/mol. The zero-order valence-corrected chi connectivity index (χ0v) is 10.3. The van der Waals surface area contributed by atoms with E-state index in [4.69, 9.17) is 9.39 Å². The molecule has 1 aromatic rings. The zero-order valence-electron chi connectivity index (χ0n) is 9.44. The molecule has 15 heavy (non-hydrogen) atoms. The molecule has 0 N–H and O–H groups in total. The van der Waals surface area contributed by atoms with Crippen LogP contribution in [0.25, 0.3) is 0 Å². The van der Waals surface area contributed by atoms with Gasteiger partial charge in [-0.15, -0.1) is 0 Å². The number of thiophene rings is 1. The van der Waals surface area contributed by atoms with Crippen LogP contribution in [0.5, 0.6) is 5.06 Å². The van der Waals surface area contributed by atoms with Gasteiger partial charge in [0.2, 0.25) is 0 Å². The molecule has 1 aromatic heterocycles. The van der Waals surface area contributed by atoms with Gasteiger partial charge in [-0.25, -0.2) is 0 Å². The Morgan fingerprint density at radius 3 is 2.40 bits per heavy atom. The van der Waals surface area contributed by atoms with E-state index in [1.807, 2.05) is 45.2 Å². The van der Waals surface area contributed by atoms with Crippen LogP contribution in [0.2, 0.25) is 0 Å². The molecule has 0 radical (unpaired) electrons. The molecule has 0 aliphatic carbocycles. The summed E-state index contributed by atoms with van der Waals surface area (Å²) in [5.41, 5.74) is -1.24. The predicted octanol–water partition coefficient (Wildman–Crippen LogP) is 2.67. The van der Waals surface area contributed by atoms with Gasteiger partial charge in [0.05, 0.1) is 0 Å². The van der Waals surface area contributed by atoms with Crippen LogP contribution < -0.4 is 4.74 Å². The molecule has 0 atom stereocenters. The third-order valence-electron chi connectivity index (χ3n) is 2.64. The zero-order chi connectivity index (χ0) is 11.5. The molecule has 1 heterocycles. The molecule has 5 heteroatoms. The van der Waals surface area contributed by atoms with Gasteiger partial charge in [-0.2, -0.15) is 0 Å². The van der Waals surface area contributed by atoms with Crippen molar-refractivity contribution in [1.29, 1.82) is 0 Å². The molecule has 82 valence electrons. The molecule has 0 aliphatic heterocycles. The van der Waals surface area contributed by atoms with Crippen LogP contribution in [0.15, 0.2) is 17.5 Å². The third kappa shape index (κ3) is 2.81. The van der Waals surface area contributed by atoms with E-state index in [9.17, 15) is 4.70 Å². The second kappa shape index (κ2) is 4.35. The average Bonchev–Trinajstić information content (AvgIpc) is 2.55. The van der Waals surface area contributed by atoms with Gasteiger partial charge in [-0.1, -0.05) is 0 Å². The molecule has 0 spiro atoms. The summed E-state index contributed by atoms with van der Waals surface area (Å²) in [7, 11) is 0.458. The van der Waals surface area contributed by atoms with E-state index in [2.05, 4.69) is 0 Å². The van der Waals surface area contributed by atoms with Gasteiger partial charge in [0, 0.05) is 0 Å². The summed E-state index contributed by atoms with van der Waals surface area (Å²) >= 11 is 1.52. The average molecular weight is 226 g/mol. The summed E-state index contributed by atoms with van der Waals surface area (Å²) in [6, 6.07) is 3.81. The first-order valence-corrected chi connectivity index (χ1v) is 5.61. The Labute approximate surface area is 94.7 Å². The second-order valence-corrected chi connectivity index (χ2v) is 5.18. The van der Waals surface area contributed by atoms with Gasteiger partial charge in [0.1, 0.15) is 0 Å². The molecule has 0 saturated heterocycles. The Bertz CT molecular complexity index is 319. The van der Waals surface area contributed by atoms with E-state index in [1.165, 1.54) is 11.3 Å². The molecule has 0 amide bonds. The number of hydrogen-bond donors (Lipinski definition) is 0. The Morgan fingerprint density at radius 2 is 1.93 bits per heavy atom. The van der Waals surface area contributed by atoms with E-state index in [1.54, 1.807) is 0 Å². The van der Waals surface area contributed by atoms with E-state index in [-0.39, 0.29) is 0 Å². The van der Waals surface area contributed by atoms with Crippen LogP contribution in [0.1, 0.15) is 27.7 Å². The fraction of sp³-hybridized carbons (Fsp3) is 0.600. The fourth-order valence-corrected chi connectivity index (χ4v) is 1.66. The third-order valence-corrected chi connectivity index (χ3v) is 3.39. The van der Waals surface area contributed by atoms with Crippen molar-refractivity contribution in [2.24, 2.45) is 0 Å². The first-order valence-electron chi connectivity index (χ1n) is 4.73.